The predicted octanol–water partition coefficient (Wildman–Crippen LogP) is 1.21. The lowest BCUT2D eigenvalue weighted by Crippen LogP contribution is -2.48. The first-order chi connectivity index (χ1) is 12.0. The van der Waals surface area contributed by atoms with E-state index in [2.05, 4.69) is 20.6 Å². The lowest BCUT2D eigenvalue weighted by molar-refractivity contribution is -0.142. The van der Waals surface area contributed by atoms with Crippen molar-refractivity contribution in [3.63, 3.8) is 0 Å². The van der Waals surface area contributed by atoms with Crippen LogP contribution in [0.3, 0.4) is 0 Å². The van der Waals surface area contributed by atoms with Crippen LogP contribution < -0.4 is 5.32 Å². The van der Waals surface area contributed by atoms with Crippen molar-refractivity contribution in [2.45, 2.75) is 38.8 Å². The Morgan fingerprint density at radius 1 is 1.40 bits per heavy atom. The number of nitrogens with one attached hydrogen (secondary N) is 2. The summed E-state index contributed by atoms with van der Waals surface area (Å²) in [5, 5.41) is 11.0. The zero-order valence-corrected chi connectivity index (χ0v) is 14.8. The summed E-state index contributed by atoms with van der Waals surface area (Å²) in [6, 6.07) is 2.91. The Hall–Kier alpha value is -2.64. The van der Waals surface area contributed by atoms with Gasteiger partial charge in [-0.3, -0.25) is 9.59 Å². The van der Waals surface area contributed by atoms with E-state index >= 15 is 0 Å². The van der Waals surface area contributed by atoms with Crippen molar-refractivity contribution >= 4 is 11.8 Å². The summed E-state index contributed by atoms with van der Waals surface area (Å²) >= 11 is 0. The van der Waals surface area contributed by atoms with Gasteiger partial charge in [-0.25, -0.2) is 4.68 Å². The molecule has 3 rings (SSSR count). The minimum Gasteiger partial charge on any atom is -0.360 e. The Morgan fingerprint density at radius 3 is 2.84 bits per heavy atom. The Labute approximate surface area is 146 Å². The van der Waals surface area contributed by atoms with Crippen LogP contribution in [0.1, 0.15) is 32.7 Å². The molecular weight excluding hydrogens is 320 g/mol. The minimum atomic E-state index is -0.485. The Bertz CT molecular complexity index is 736. The monoisotopic (exact) mass is 344 g/mol. The topological polar surface area (TPSA) is 95.9 Å². The lowest BCUT2D eigenvalue weighted by atomic mass is 10.0. The van der Waals surface area contributed by atoms with Crippen LogP contribution in [0.25, 0.3) is 11.4 Å². The van der Waals surface area contributed by atoms with E-state index in [0.717, 1.165) is 12.1 Å². The van der Waals surface area contributed by atoms with Crippen LogP contribution in [0, 0.1) is 5.92 Å². The van der Waals surface area contributed by atoms with Crippen molar-refractivity contribution in [2.24, 2.45) is 5.92 Å². The molecule has 0 aliphatic carbocycles. The highest BCUT2D eigenvalue weighted by atomic mass is 16.2. The molecule has 0 saturated carbocycles. The van der Waals surface area contributed by atoms with Crippen LogP contribution in [0.15, 0.2) is 24.5 Å². The largest absolute Gasteiger partial charge is 0.360 e. The Kier molecular flexibility index (Phi) is 4.87. The molecule has 3 heterocycles. The van der Waals surface area contributed by atoms with Gasteiger partial charge < -0.3 is 15.2 Å². The van der Waals surface area contributed by atoms with Gasteiger partial charge in [-0.1, -0.05) is 19.1 Å². The maximum Gasteiger partial charge on any atom is 0.248 e. The summed E-state index contributed by atoms with van der Waals surface area (Å²) in [6.07, 6.45) is 5.12. The van der Waals surface area contributed by atoms with Crippen molar-refractivity contribution in [3.8, 4) is 11.4 Å². The molecule has 1 unspecified atom stereocenters. The fourth-order valence-corrected chi connectivity index (χ4v) is 3.37. The molecule has 1 fully saturated rings. The second-order valence-electron chi connectivity index (χ2n) is 6.66. The first-order valence-electron chi connectivity index (χ1n) is 8.60. The standard InChI is InChI=1S/C17H24N6O2/c1-11(2)15(17(25)22-9-5-7-14(22)16(24)18-3)23-10-13(20-21-23)12-6-4-8-19-12/h4,6,8,10-11,14-15,19H,5,7,9H2,1-3H3,(H,18,24)/t14-,15?/m0/s1. The molecule has 8 heteroatoms. The molecule has 0 spiro atoms. The summed E-state index contributed by atoms with van der Waals surface area (Å²) in [6.45, 7) is 4.55. The van der Waals surface area contributed by atoms with Crippen LogP contribution in [-0.4, -0.2) is 56.3 Å². The Balaban J connectivity index is 1.86. The van der Waals surface area contributed by atoms with E-state index in [1.54, 1.807) is 22.8 Å². The van der Waals surface area contributed by atoms with Crippen molar-refractivity contribution in [1.82, 2.24) is 30.2 Å². The van der Waals surface area contributed by atoms with Gasteiger partial charge in [0.05, 0.1) is 11.9 Å². The number of likely N-dealkylation sites (N-methyl/N-ethyl adjacent to an activating group) is 1. The van der Waals surface area contributed by atoms with Crippen LogP contribution in [-0.2, 0) is 9.59 Å². The normalized spacial score (nSPS) is 18.6. The highest BCUT2D eigenvalue weighted by Crippen LogP contribution is 2.27. The summed E-state index contributed by atoms with van der Waals surface area (Å²) < 4.78 is 1.61. The maximum atomic E-state index is 13.2. The van der Waals surface area contributed by atoms with E-state index in [-0.39, 0.29) is 17.7 Å². The Morgan fingerprint density at radius 2 is 2.20 bits per heavy atom. The number of carbonyl (C=O) groups excluding carboxylic acids is 2. The molecule has 8 nitrogen and oxygen atoms in total. The van der Waals surface area contributed by atoms with Gasteiger partial charge in [0, 0.05) is 19.8 Å². The van der Waals surface area contributed by atoms with E-state index in [0.29, 0.717) is 18.7 Å². The van der Waals surface area contributed by atoms with Crippen LogP contribution in [0.4, 0.5) is 0 Å². The summed E-state index contributed by atoms with van der Waals surface area (Å²) in [5.74, 6) is -0.167. The molecule has 2 N–H and O–H groups in total. The number of aromatic amines is 1. The van der Waals surface area contributed by atoms with Gasteiger partial charge in [0.2, 0.25) is 11.8 Å². The highest BCUT2D eigenvalue weighted by Gasteiger charge is 2.38. The number of nitrogens with zero attached hydrogens (tertiary/aromatic N) is 4. The third kappa shape index (κ3) is 3.29. The molecule has 0 bridgehead atoms. The molecule has 0 radical (unpaired) electrons. The molecule has 2 aromatic rings. The smallest absolute Gasteiger partial charge is 0.248 e. The maximum absolute atomic E-state index is 13.2. The molecule has 134 valence electrons. The molecule has 0 aromatic carbocycles. The summed E-state index contributed by atoms with van der Waals surface area (Å²) in [5.41, 5.74) is 1.54. The zero-order valence-electron chi connectivity index (χ0n) is 14.8. The van der Waals surface area contributed by atoms with Gasteiger partial charge in [0.1, 0.15) is 17.8 Å². The van der Waals surface area contributed by atoms with Crippen LogP contribution in [0.2, 0.25) is 0 Å². The minimum absolute atomic E-state index is 0.0247. The molecular formula is C17H24N6O2. The summed E-state index contributed by atoms with van der Waals surface area (Å²) in [7, 11) is 1.60. The number of aromatic nitrogens is 4. The number of H-pyrrole nitrogens is 1. The summed E-state index contributed by atoms with van der Waals surface area (Å²) in [4.78, 5) is 30.0. The number of likely N-dealkylation sites (tertiary alicyclic amines) is 1. The first-order valence-corrected chi connectivity index (χ1v) is 8.60. The average Bonchev–Trinajstić information content (AvgIpc) is 3.32. The second kappa shape index (κ2) is 7.08. The highest BCUT2D eigenvalue weighted by molar-refractivity contribution is 5.89. The zero-order chi connectivity index (χ0) is 18.0. The third-order valence-electron chi connectivity index (χ3n) is 4.64. The number of rotatable bonds is 5. The van der Waals surface area contributed by atoms with Gasteiger partial charge in [0.15, 0.2) is 0 Å². The van der Waals surface area contributed by atoms with Gasteiger partial charge >= 0.3 is 0 Å². The average molecular weight is 344 g/mol. The lowest BCUT2D eigenvalue weighted by Gasteiger charge is -2.29. The number of carbonyl (C=O) groups is 2. The van der Waals surface area contributed by atoms with Gasteiger partial charge in [0.25, 0.3) is 0 Å². The van der Waals surface area contributed by atoms with Crippen LogP contribution in [0.5, 0.6) is 0 Å². The molecule has 2 atom stereocenters. The van der Waals surface area contributed by atoms with E-state index in [1.165, 1.54) is 0 Å². The fraction of sp³-hybridized carbons (Fsp3) is 0.529. The molecule has 1 saturated heterocycles. The van der Waals surface area contributed by atoms with E-state index in [4.69, 9.17) is 0 Å². The van der Waals surface area contributed by atoms with Gasteiger partial charge in [-0.2, -0.15) is 0 Å². The third-order valence-corrected chi connectivity index (χ3v) is 4.64. The number of hydrogen-bond acceptors (Lipinski definition) is 4. The van der Waals surface area contributed by atoms with Crippen molar-refractivity contribution in [1.29, 1.82) is 0 Å². The van der Waals surface area contributed by atoms with Crippen LogP contribution >= 0.6 is 0 Å². The quantitative estimate of drug-likeness (QED) is 0.852. The van der Waals surface area contributed by atoms with Gasteiger partial charge in [-0.15, -0.1) is 5.10 Å². The van der Waals surface area contributed by atoms with Crippen molar-refractivity contribution in [3.05, 3.63) is 24.5 Å². The second-order valence-corrected chi connectivity index (χ2v) is 6.66. The van der Waals surface area contributed by atoms with Crippen molar-refractivity contribution in [2.75, 3.05) is 13.6 Å². The predicted molar refractivity (Wildman–Crippen MR) is 92.5 cm³/mol. The molecule has 2 aromatic heterocycles. The van der Waals surface area contributed by atoms with E-state index in [9.17, 15) is 9.59 Å². The number of amides is 2. The first kappa shape index (κ1) is 17.2. The van der Waals surface area contributed by atoms with Gasteiger partial charge in [-0.05, 0) is 30.9 Å². The molecule has 2 amide bonds. The SMILES string of the molecule is CNC(=O)[C@@H]1CCCN1C(=O)C(C(C)C)n1cc(-c2ccc[nH]2)nn1. The van der Waals surface area contributed by atoms with E-state index < -0.39 is 12.1 Å². The number of hydrogen-bond donors (Lipinski definition) is 2. The fourth-order valence-electron chi connectivity index (χ4n) is 3.37. The molecule has 25 heavy (non-hydrogen) atoms. The molecule has 1 aliphatic heterocycles. The van der Waals surface area contributed by atoms with Crippen molar-refractivity contribution < 1.29 is 9.59 Å². The van der Waals surface area contributed by atoms with E-state index in [1.807, 2.05) is 32.2 Å². The molecule has 1 aliphatic rings.